The van der Waals surface area contributed by atoms with Gasteiger partial charge in [-0.3, -0.25) is 9.79 Å². The van der Waals surface area contributed by atoms with E-state index in [-0.39, 0.29) is 17.9 Å². The largest absolute Gasteiger partial charge is 0.444 e. The Morgan fingerprint density at radius 1 is 1.14 bits per heavy atom. The SMILES string of the molecule is CCCCC(CNC(=O)OC(C)(C)C)NC(=NCCNC(=O)C1CC1)NCC. The molecule has 1 atom stereocenters. The lowest BCUT2D eigenvalue weighted by atomic mass is 10.1. The first kappa shape index (κ1) is 24.0. The van der Waals surface area contributed by atoms with Gasteiger partial charge in [0.15, 0.2) is 5.96 Å². The van der Waals surface area contributed by atoms with E-state index >= 15 is 0 Å². The monoisotopic (exact) mass is 397 g/mol. The molecule has 1 fully saturated rings. The van der Waals surface area contributed by atoms with Crippen LogP contribution in [0, 0.1) is 5.92 Å². The number of nitrogens with zero attached hydrogens (tertiary/aromatic N) is 1. The number of aliphatic imine (C=N–C) groups is 1. The van der Waals surface area contributed by atoms with Gasteiger partial charge in [0.2, 0.25) is 5.91 Å². The number of ether oxygens (including phenoxy) is 1. The maximum absolute atomic E-state index is 11.9. The molecule has 0 aromatic heterocycles. The molecule has 0 bridgehead atoms. The predicted octanol–water partition coefficient (Wildman–Crippen LogP) is 2.15. The molecule has 8 heteroatoms. The van der Waals surface area contributed by atoms with Crippen molar-refractivity contribution in [1.82, 2.24) is 21.3 Å². The zero-order valence-electron chi connectivity index (χ0n) is 18.2. The maximum Gasteiger partial charge on any atom is 0.407 e. The molecule has 2 amide bonds. The van der Waals surface area contributed by atoms with Crippen LogP contribution in [0.15, 0.2) is 4.99 Å². The van der Waals surface area contributed by atoms with Gasteiger partial charge in [-0.25, -0.2) is 4.79 Å². The molecule has 162 valence electrons. The van der Waals surface area contributed by atoms with Gasteiger partial charge in [0.25, 0.3) is 0 Å². The molecule has 1 aliphatic rings. The van der Waals surface area contributed by atoms with Crippen LogP contribution in [0.3, 0.4) is 0 Å². The van der Waals surface area contributed by atoms with Crippen LogP contribution in [0.25, 0.3) is 0 Å². The fourth-order valence-corrected chi connectivity index (χ4v) is 2.55. The van der Waals surface area contributed by atoms with Crippen LogP contribution in [0.4, 0.5) is 4.79 Å². The number of rotatable bonds is 11. The first-order valence-electron chi connectivity index (χ1n) is 10.5. The van der Waals surface area contributed by atoms with Gasteiger partial charge in [-0.05, 0) is 47.0 Å². The van der Waals surface area contributed by atoms with Crippen molar-refractivity contribution in [3.05, 3.63) is 0 Å². The van der Waals surface area contributed by atoms with Crippen molar-refractivity contribution in [1.29, 1.82) is 0 Å². The van der Waals surface area contributed by atoms with Gasteiger partial charge in [0.1, 0.15) is 5.60 Å². The van der Waals surface area contributed by atoms with Gasteiger partial charge in [0.05, 0.1) is 6.54 Å². The molecule has 0 heterocycles. The molecule has 28 heavy (non-hydrogen) atoms. The molecule has 1 aliphatic carbocycles. The predicted molar refractivity (Wildman–Crippen MR) is 112 cm³/mol. The minimum absolute atomic E-state index is 0.0475. The number of carbonyl (C=O) groups excluding carboxylic acids is 2. The van der Waals surface area contributed by atoms with E-state index in [1.807, 2.05) is 27.7 Å². The van der Waals surface area contributed by atoms with Gasteiger partial charge in [-0.1, -0.05) is 19.8 Å². The molecule has 1 saturated carbocycles. The Bertz CT molecular complexity index is 512. The summed E-state index contributed by atoms with van der Waals surface area (Å²) >= 11 is 0. The highest BCUT2D eigenvalue weighted by Crippen LogP contribution is 2.28. The minimum atomic E-state index is -0.516. The van der Waals surface area contributed by atoms with E-state index in [4.69, 9.17) is 4.74 Å². The van der Waals surface area contributed by atoms with Crippen molar-refractivity contribution in [2.45, 2.75) is 78.4 Å². The number of alkyl carbamates (subject to hydrolysis) is 1. The number of guanidine groups is 1. The van der Waals surface area contributed by atoms with Crippen LogP contribution in [-0.2, 0) is 9.53 Å². The quantitative estimate of drug-likeness (QED) is 0.243. The van der Waals surface area contributed by atoms with Crippen LogP contribution in [0.2, 0.25) is 0 Å². The molecule has 0 radical (unpaired) electrons. The smallest absolute Gasteiger partial charge is 0.407 e. The standard InChI is InChI=1S/C20H39N5O3/c1-6-8-9-16(14-24-19(27)28-20(3,4)5)25-18(21-7-2)23-13-12-22-17(26)15-10-11-15/h15-16H,6-14H2,1-5H3,(H,22,26)(H,24,27)(H2,21,23,25). The highest BCUT2D eigenvalue weighted by Gasteiger charge is 2.29. The summed E-state index contributed by atoms with van der Waals surface area (Å²) in [6.45, 7) is 11.9. The Morgan fingerprint density at radius 3 is 2.43 bits per heavy atom. The molecule has 0 aliphatic heterocycles. The molecule has 8 nitrogen and oxygen atoms in total. The summed E-state index contributed by atoms with van der Waals surface area (Å²) in [5.74, 6) is 1.04. The second-order valence-corrected chi connectivity index (χ2v) is 8.19. The van der Waals surface area contributed by atoms with Crippen LogP contribution in [-0.4, -0.2) is 55.8 Å². The Balaban J connectivity index is 2.50. The Kier molecular flexibility index (Phi) is 10.7. The van der Waals surface area contributed by atoms with Gasteiger partial charge < -0.3 is 26.0 Å². The molecular formula is C20H39N5O3. The topological polar surface area (TPSA) is 104 Å². The summed E-state index contributed by atoms with van der Waals surface area (Å²) in [4.78, 5) is 28.1. The van der Waals surface area contributed by atoms with E-state index < -0.39 is 11.7 Å². The third kappa shape index (κ3) is 11.7. The number of unbranched alkanes of at least 4 members (excludes halogenated alkanes) is 1. The van der Waals surface area contributed by atoms with E-state index in [9.17, 15) is 9.59 Å². The zero-order valence-corrected chi connectivity index (χ0v) is 18.2. The molecule has 0 saturated heterocycles. The van der Waals surface area contributed by atoms with Crippen molar-refractivity contribution in [3.63, 3.8) is 0 Å². The van der Waals surface area contributed by atoms with Gasteiger partial charge in [-0.15, -0.1) is 0 Å². The zero-order chi connectivity index (χ0) is 21.0. The van der Waals surface area contributed by atoms with E-state index in [1.165, 1.54) is 0 Å². The summed E-state index contributed by atoms with van der Waals surface area (Å²) in [6, 6.07) is 0.0475. The van der Waals surface area contributed by atoms with Gasteiger partial charge in [0, 0.05) is 31.6 Å². The average molecular weight is 398 g/mol. The van der Waals surface area contributed by atoms with Crippen LogP contribution in [0.5, 0.6) is 0 Å². The lowest BCUT2D eigenvalue weighted by molar-refractivity contribution is -0.122. The molecule has 4 N–H and O–H groups in total. The second kappa shape index (κ2) is 12.5. The highest BCUT2D eigenvalue weighted by atomic mass is 16.6. The van der Waals surface area contributed by atoms with Crippen LogP contribution in [0.1, 0.15) is 66.7 Å². The van der Waals surface area contributed by atoms with E-state index in [2.05, 4.69) is 33.2 Å². The van der Waals surface area contributed by atoms with Crippen molar-refractivity contribution in [2.75, 3.05) is 26.2 Å². The normalized spacial score (nSPS) is 15.5. The fraction of sp³-hybridized carbons (Fsp3) is 0.850. The number of amides is 2. The molecule has 0 aromatic rings. The lowest BCUT2D eigenvalue weighted by Gasteiger charge is -2.24. The summed E-state index contributed by atoms with van der Waals surface area (Å²) in [6.07, 6.45) is 4.62. The van der Waals surface area contributed by atoms with Crippen molar-refractivity contribution >= 4 is 18.0 Å². The van der Waals surface area contributed by atoms with Crippen molar-refractivity contribution in [2.24, 2.45) is 10.9 Å². The average Bonchev–Trinajstić information content (AvgIpc) is 3.44. The maximum atomic E-state index is 11.9. The van der Waals surface area contributed by atoms with E-state index in [0.717, 1.165) is 38.6 Å². The number of hydrogen-bond donors (Lipinski definition) is 4. The Morgan fingerprint density at radius 2 is 1.86 bits per heavy atom. The second-order valence-electron chi connectivity index (χ2n) is 8.19. The number of carbonyl (C=O) groups is 2. The summed E-state index contributed by atoms with van der Waals surface area (Å²) < 4.78 is 5.31. The van der Waals surface area contributed by atoms with Crippen LogP contribution < -0.4 is 21.3 Å². The number of nitrogens with one attached hydrogen (secondary N) is 4. The lowest BCUT2D eigenvalue weighted by Crippen LogP contribution is -2.49. The Hall–Kier alpha value is -1.99. The summed E-state index contributed by atoms with van der Waals surface area (Å²) in [5, 5.41) is 12.4. The van der Waals surface area contributed by atoms with Crippen LogP contribution >= 0.6 is 0 Å². The molecule has 0 spiro atoms. The first-order valence-corrected chi connectivity index (χ1v) is 10.5. The molecule has 1 rings (SSSR count). The molecule has 0 aromatic carbocycles. The minimum Gasteiger partial charge on any atom is -0.444 e. The fourth-order valence-electron chi connectivity index (χ4n) is 2.55. The number of hydrogen-bond acceptors (Lipinski definition) is 4. The van der Waals surface area contributed by atoms with Crippen molar-refractivity contribution in [3.8, 4) is 0 Å². The third-order valence-corrected chi connectivity index (χ3v) is 4.11. The summed E-state index contributed by atoms with van der Waals surface area (Å²) in [5.41, 5.74) is -0.516. The first-order chi connectivity index (χ1) is 13.2. The third-order valence-electron chi connectivity index (χ3n) is 4.11. The molecule has 1 unspecified atom stereocenters. The Labute approximate surface area is 169 Å². The summed E-state index contributed by atoms with van der Waals surface area (Å²) in [7, 11) is 0. The molecular weight excluding hydrogens is 358 g/mol. The highest BCUT2D eigenvalue weighted by molar-refractivity contribution is 5.81. The van der Waals surface area contributed by atoms with E-state index in [1.54, 1.807) is 0 Å². The van der Waals surface area contributed by atoms with Gasteiger partial charge >= 0.3 is 6.09 Å². The van der Waals surface area contributed by atoms with Gasteiger partial charge in [-0.2, -0.15) is 0 Å². The van der Waals surface area contributed by atoms with Crippen molar-refractivity contribution < 1.29 is 14.3 Å². The van der Waals surface area contributed by atoms with E-state index in [0.29, 0.717) is 25.6 Å².